The summed E-state index contributed by atoms with van der Waals surface area (Å²) < 4.78 is 11.5. The SMILES string of the molecule is NC(=O)C(O)(OCCC(=O)O)c1ccc(Oc2c(-c3cccc(Cl)c3)cccc2-c2cccc(Cl)c2)cc1. The maximum Gasteiger partial charge on any atom is 0.305 e. The Morgan fingerprint density at radius 2 is 1.34 bits per heavy atom. The molecule has 0 bridgehead atoms. The Morgan fingerprint density at radius 1 is 0.816 bits per heavy atom. The lowest BCUT2D eigenvalue weighted by atomic mass is 9.97. The first-order chi connectivity index (χ1) is 18.2. The quantitative estimate of drug-likeness (QED) is 0.201. The van der Waals surface area contributed by atoms with Gasteiger partial charge in [0.25, 0.3) is 11.7 Å². The van der Waals surface area contributed by atoms with Gasteiger partial charge in [0.15, 0.2) is 0 Å². The van der Waals surface area contributed by atoms with Crippen LogP contribution in [0.1, 0.15) is 12.0 Å². The first kappa shape index (κ1) is 27.2. The molecule has 0 radical (unpaired) electrons. The summed E-state index contributed by atoms with van der Waals surface area (Å²) in [4.78, 5) is 22.8. The van der Waals surface area contributed by atoms with Crippen molar-refractivity contribution in [2.75, 3.05) is 6.61 Å². The monoisotopic (exact) mass is 551 g/mol. The number of carbonyl (C=O) groups is 2. The van der Waals surface area contributed by atoms with Gasteiger partial charge in [0, 0.05) is 26.7 Å². The first-order valence-corrected chi connectivity index (χ1v) is 12.2. The molecule has 0 heterocycles. The van der Waals surface area contributed by atoms with Gasteiger partial charge in [0.05, 0.1) is 13.0 Å². The lowest BCUT2D eigenvalue weighted by Gasteiger charge is -2.25. The summed E-state index contributed by atoms with van der Waals surface area (Å²) in [5.74, 6) is -3.89. The van der Waals surface area contributed by atoms with Crippen LogP contribution >= 0.6 is 23.2 Å². The van der Waals surface area contributed by atoms with Crippen molar-refractivity contribution in [1.29, 1.82) is 0 Å². The van der Waals surface area contributed by atoms with Crippen LogP contribution < -0.4 is 10.5 Å². The second kappa shape index (κ2) is 11.7. The predicted octanol–water partition coefficient (Wildman–Crippen LogP) is 6.24. The van der Waals surface area contributed by atoms with Gasteiger partial charge >= 0.3 is 5.97 Å². The molecule has 0 fully saturated rings. The van der Waals surface area contributed by atoms with E-state index in [1.165, 1.54) is 12.1 Å². The maximum atomic E-state index is 12.0. The molecule has 0 saturated carbocycles. The van der Waals surface area contributed by atoms with Crippen LogP contribution in [0, 0.1) is 0 Å². The van der Waals surface area contributed by atoms with E-state index in [9.17, 15) is 14.7 Å². The van der Waals surface area contributed by atoms with Crippen molar-refractivity contribution in [1.82, 2.24) is 0 Å². The molecule has 1 amide bonds. The molecule has 0 aromatic heterocycles. The average molecular weight is 552 g/mol. The van der Waals surface area contributed by atoms with Crippen molar-refractivity contribution in [3.05, 3.63) is 107 Å². The third kappa shape index (κ3) is 6.15. The molecule has 0 aliphatic rings. The number of benzene rings is 4. The second-order valence-corrected chi connectivity index (χ2v) is 9.20. The molecule has 9 heteroatoms. The highest BCUT2D eigenvalue weighted by Crippen LogP contribution is 2.42. The number of nitrogens with two attached hydrogens (primary N) is 1. The Bertz CT molecular complexity index is 1410. The van der Waals surface area contributed by atoms with Crippen molar-refractivity contribution >= 4 is 35.1 Å². The van der Waals surface area contributed by atoms with E-state index in [0.29, 0.717) is 21.5 Å². The summed E-state index contributed by atoms with van der Waals surface area (Å²) in [5, 5.41) is 20.7. The molecule has 1 unspecified atom stereocenters. The summed E-state index contributed by atoms with van der Waals surface area (Å²) in [7, 11) is 0. The van der Waals surface area contributed by atoms with Crippen LogP contribution in [0.2, 0.25) is 10.0 Å². The van der Waals surface area contributed by atoms with Crippen LogP contribution in [-0.2, 0) is 20.1 Å². The molecule has 38 heavy (non-hydrogen) atoms. The fourth-order valence-electron chi connectivity index (χ4n) is 3.86. The molecule has 0 aliphatic carbocycles. The van der Waals surface area contributed by atoms with Gasteiger partial charge in [-0.2, -0.15) is 0 Å². The number of halogens is 2. The van der Waals surface area contributed by atoms with Crippen LogP contribution in [0.15, 0.2) is 91.0 Å². The number of carboxylic acids is 1. The van der Waals surface area contributed by atoms with Gasteiger partial charge in [-0.05, 0) is 59.7 Å². The van der Waals surface area contributed by atoms with Crippen LogP contribution in [0.5, 0.6) is 11.5 Å². The number of primary amides is 1. The van der Waals surface area contributed by atoms with Crippen molar-refractivity contribution in [3.8, 4) is 33.8 Å². The van der Waals surface area contributed by atoms with Crippen LogP contribution in [0.4, 0.5) is 0 Å². The minimum Gasteiger partial charge on any atom is -0.481 e. The Balaban J connectivity index is 1.73. The molecule has 0 saturated heterocycles. The number of para-hydroxylation sites is 1. The minimum absolute atomic E-state index is 0.0286. The zero-order chi connectivity index (χ0) is 27.3. The van der Waals surface area contributed by atoms with Crippen molar-refractivity contribution in [3.63, 3.8) is 0 Å². The number of ether oxygens (including phenoxy) is 2. The molecule has 0 aliphatic heterocycles. The fourth-order valence-corrected chi connectivity index (χ4v) is 4.24. The summed E-state index contributed by atoms with van der Waals surface area (Å²) in [6, 6.07) is 26.4. The number of aliphatic carboxylic acids is 1. The van der Waals surface area contributed by atoms with E-state index >= 15 is 0 Å². The van der Waals surface area contributed by atoms with E-state index < -0.39 is 30.7 Å². The van der Waals surface area contributed by atoms with Gasteiger partial charge in [0.2, 0.25) is 0 Å². The number of rotatable bonds is 10. The normalized spacial score (nSPS) is 12.5. The molecular formula is C29H23Cl2NO6. The molecule has 7 nitrogen and oxygen atoms in total. The van der Waals surface area contributed by atoms with Crippen LogP contribution in [-0.4, -0.2) is 28.7 Å². The number of aliphatic hydroxyl groups is 1. The van der Waals surface area contributed by atoms with Gasteiger partial charge in [-0.1, -0.05) is 65.7 Å². The third-order valence-corrected chi connectivity index (χ3v) is 6.18. The summed E-state index contributed by atoms with van der Waals surface area (Å²) >= 11 is 12.5. The summed E-state index contributed by atoms with van der Waals surface area (Å²) in [5.41, 5.74) is 8.62. The number of hydrogen-bond acceptors (Lipinski definition) is 5. The van der Waals surface area contributed by atoms with Crippen molar-refractivity contribution < 1.29 is 29.3 Å². The van der Waals surface area contributed by atoms with Crippen molar-refractivity contribution in [2.24, 2.45) is 5.73 Å². The van der Waals surface area contributed by atoms with E-state index in [-0.39, 0.29) is 5.56 Å². The standard InChI is InChI=1S/C29H23Cl2NO6/c30-21-6-1-4-18(16-21)24-8-3-9-25(19-5-2-7-22(31)17-19)27(24)38-23-12-10-20(11-13-23)29(36,28(32)35)37-15-14-26(33)34/h1-13,16-17,36H,14-15H2,(H2,32,35)(H,33,34). The molecule has 4 aromatic rings. The third-order valence-electron chi connectivity index (χ3n) is 5.71. The Hall–Kier alpha value is -3.88. The van der Waals surface area contributed by atoms with Crippen LogP contribution in [0.25, 0.3) is 22.3 Å². The predicted molar refractivity (Wildman–Crippen MR) is 145 cm³/mol. The average Bonchev–Trinajstić information content (AvgIpc) is 2.89. The molecule has 4 rings (SSSR count). The summed E-state index contributed by atoms with van der Waals surface area (Å²) in [6.07, 6.45) is -0.413. The molecule has 4 aromatic carbocycles. The highest BCUT2D eigenvalue weighted by Gasteiger charge is 2.37. The highest BCUT2D eigenvalue weighted by atomic mass is 35.5. The highest BCUT2D eigenvalue weighted by molar-refractivity contribution is 6.31. The van der Waals surface area contributed by atoms with Crippen LogP contribution in [0.3, 0.4) is 0 Å². The number of carboxylic acid groups (broad SMARTS) is 1. The topological polar surface area (TPSA) is 119 Å². The van der Waals surface area contributed by atoms with Gasteiger partial charge in [-0.3, -0.25) is 9.59 Å². The largest absolute Gasteiger partial charge is 0.481 e. The smallest absolute Gasteiger partial charge is 0.305 e. The number of carbonyl (C=O) groups excluding carboxylic acids is 1. The minimum atomic E-state index is -2.50. The Kier molecular flexibility index (Phi) is 8.34. The Labute approximate surface area is 229 Å². The molecule has 0 spiro atoms. The molecule has 1 atom stereocenters. The lowest BCUT2D eigenvalue weighted by molar-refractivity contribution is -0.211. The second-order valence-electron chi connectivity index (χ2n) is 8.33. The van der Waals surface area contributed by atoms with E-state index in [1.807, 2.05) is 54.6 Å². The maximum absolute atomic E-state index is 12.0. The van der Waals surface area contributed by atoms with Gasteiger partial charge in [0.1, 0.15) is 11.5 Å². The molecule has 4 N–H and O–H groups in total. The number of amides is 1. The van der Waals surface area contributed by atoms with Gasteiger partial charge < -0.3 is 25.4 Å². The first-order valence-electron chi connectivity index (χ1n) is 11.5. The van der Waals surface area contributed by atoms with E-state index in [4.69, 9.17) is 43.5 Å². The van der Waals surface area contributed by atoms with E-state index in [0.717, 1.165) is 22.3 Å². The van der Waals surface area contributed by atoms with E-state index in [1.54, 1.807) is 24.3 Å². The van der Waals surface area contributed by atoms with Gasteiger partial charge in [-0.15, -0.1) is 0 Å². The van der Waals surface area contributed by atoms with Crippen molar-refractivity contribution in [2.45, 2.75) is 12.2 Å². The zero-order valence-corrected chi connectivity index (χ0v) is 21.4. The van der Waals surface area contributed by atoms with Gasteiger partial charge in [-0.25, -0.2) is 0 Å². The zero-order valence-electron chi connectivity index (χ0n) is 19.9. The van der Waals surface area contributed by atoms with E-state index in [2.05, 4.69) is 0 Å². The summed E-state index contributed by atoms with van der Waals surface area (Å²) in [6.45, 7) is -0.414. The number of hydrogen-bond donors (Lipinski definition) is 3. The fraction of sp³-hybridized carbons (Fsp3) is 0.103. The lowest BCUT2D eigenvalue weighted by Crippen LogP contribution is -2.44. The Morgan fingerprint density at radius 3 is 1.82 bits per heavy atom. The molecule has 194 valence electrons. The molecular weight excluding hydrogens is 529 g/mol.